The normalized spacial score (nSPS) is 56.2. The number of epoxide rings is 1. The van der Waals surface area contributed by atoms with Crippen LogP contribution in [0.1, 0.15) is 47.5 Å². The van der Waals surface area contributed by atoms with E-state index in [1.165, 1.54) is 12.2 Å². The van der Waals surface area contributed by atoms with Crippen LogP contribution in [0.2, 0.25) is 0 Å². The van der Waals surface area contributed by atoms with Crippen LogP contribution in [-0.4, -0.2) is 75.0 Å². The van der Waals surface area contributed by atoms with E-state index in [2.05, 4.69) is 0 Å². The average molecular weight is 516 g/mol. The minimum absolute atomic E-state index is 0.0208. The highest BCUT2D eigenvalue weighted by molar-refractivity contribution is 6.04. The summed E-state index contributed by atoms with van der Waals surface area (Å²) in [7, 11) is 0. The molecular weight excluding hydrogens is 488 g/mol. The molecule has 7 rings (SSSR count). The van der Waals surface area contributed by atoms with Gasteiger partial charge in [0.1, 0.15) is 17.3 Å². The van der Waals surface area contributed by atoms with Gasteiger partial charge in [-0.25, -0.2) is 14.4 Å². The van der Waals surface area contributed by atoms with Gasteiger partial charge >= 0.3 is 17.9 Å². The summed E-state index contributed by atoms with van der Waals surface area (Å²) in [6, 6.07) is 0. The van der Waals surface area contributed by atoms with E-state index >= 15 is 0 Å². The molecule has 0 amide bonds. The van der Waals surface area contributed by atoms with Crippen molar-refractivity contribution in [2.24, 2.45) is 22.2 Å². The van der Waals surface area contributed by atoms with Gasteiger partial charge in [0.15, 0.2) is 6.10 Å². The van der Waals surface area contributed by atoms with E-state index in [0.717, 1.165) is 0 Å². The van der Waals surface area contributed by atoms with E-state index in [1.807, 2.05) is 6.92 Å². The van der Waals surface area contributed by atoms with Gasteiger partial charge in [0, 0.05) is 16.9 Å². The van der Waals surface area contributed by atoms with Crippen LogP contribution in [0.3, 0.4) is 0 Å². The second-order valence-corrected chi connectivity index (χ2v) is 12.5. The number of cyclic esters (lactones) is 2. The number of aliphatic hydroxyl groups excluding tert-OH is 1. The Bertz CT molecular complexity index is 1300. The number of fused-ring (bicyclic) bond motifs is 4. The van der Waals surface area contributed by atoms with Crippen molar-refractivity contribution in [3.63, 3.8) is 0 Å². The quantitative estimate of drug-likeness (QED) is 0.279. The SMILES string of the molecule is CC1(C)O[C@]2(O)C(=O)[C@]13OC(=O)C=C[C@]3(C)[C@H]1CC[C@@]3(C)[C@H](C4=C[C@@H](O)OC4=O)OC(=O)[C@H]4O[C@]43[C@@]12C. The summed E-state index contributed by atoms with van der Waals surface area (Å²) < 4.78 is 28.9. The topological polar surface area (TPSA) is 158 Å². The molecule has 2 bridgehead atoms. The fraction of sp³-hybridized carbons (Fsp3) is 0.692. The smallest absolute Gasteiger partial charge is 0.340 e. The van der Waals surface area contributed by atoms with E-state index in [9.17, 15) is 29.4 Å². The highest BCUT2D eigenvalue weighted by Gasteiger charge is 2.97. The summed E-state index contributed by atoms with van der Waals surface area (Å²) in [4.78, 5) is 52.7. The van der Waals surface area contributed by atoms with Crippen molar-refractivity contribution in [2.45, 2.75) is 88.5 Å². The van der Waals surface area contributed by atoms with Crippen LogP contribution in [-0.2, 0) is 42.9 Å². The Labute approximate surface area is 211 Å². The van der Waals surface area contributed by atoms with Crippen LogP contribution in [0.5, 0.6) is 0 Å². The Hall–Kier alpha value is -2.60. The maximum atomic E-state index is 14.4. The third-order valence-electron chi connectivity index (χ3n) is 10.9. The number of ether oxygens (including phenoxy) is 5. The summed E-state index contributed by atoms with van der Waals surface area (Å²) in [5.41, 5.74) is -8.50. The number of carbonyl (C=O) groups is 4. The van der Waals surface area contributed by atoms with Crippen molar-refractivity contribution < 1.29 is 53.1 Å². The van der Waals surface area contributed by atoms with Gasteiger partial charge in [0.2, 0.25) is 23.5 Å². The molecule has 11 heteroatoms. The number of hydrogen-bond acceptors (Lipinski definition) is 11. The zero-order valence-electron chi connectivity index (χ0n) is 21.0. The van der Waals surface area contributed by atoms with Crippen molar-refractivity contribution in [1.29, 1.82) is 0 Å². The van der Waals surface area contributed by atoms with Crippen molar-refractivity contribution in [1.82, 2.24) is 0 Å². The largest absolute Gasteiger partial charge is 0.454 e. The molecule has 5 aliphatic heterocycles. The molecule has 198 valence electrons. The number of carbonyl (C=O) groups excluding carboxylic acids is 4. The average Bonchev–Trinajstić information content (AvgIpc) is 3.47. The number of rotatable bonds is 1. The molecule has 37 heavy (non-hydrogen) atoms. The lowest BCUT2D eigenvalue weighted by Gasteiger charge is -2.67. The Morgan fingerprint density at radius 1 is 1.00 bits per heavy atom. The van der Waals surface area contributed by atoms with Gasteiger partial charge < -0.3 is 33.9 Å². The van der Waals surface area contributed by atoms with Crippen molar-refractivity contribution in [2.75, 3.05) is 0 Å². The standard InChI is InChI=1S/C26H28O11/c1-20(2)25-19(31)26(32,37-20)23(5)12(21(25,3)9-7-13(27)35-25)6-8-22(4)15(11-10-14(28)33-17(11)29)34-18(30)16-24(22,23)36-16/h7,9-10,12,14-16,28,32H,6,8H2,1-5H3/t12-,14+,15+,16-,21-,22+,23-,24-,25+,26-/m1/s1. The van der Waals surface area contributed by atoms with Crippen LogP contribution in [0, 0.1) is 22.2 Å². The number of hydrogen-bond donors (Lipinski definition) is 2. The summed E-state index contributed by atoms with van der Waals surface area (Å²) in [5, 5.41) is 22.2. The molecule has 7 aliphatic rings. The Balaban J connectivity index is 1.49. The second-order valence-electron chi connectivity index (χ2n) is 12.5. The Morgan fingerprint density at radius 3 is 2.35 bits per heavy atom. The number of Topliss-reactive ketones (excluding diaryl/α,β-unsaturated/α-hetero) is 1. The zero-order valence-corrected chi connectivity index (χ0v) is 21.0. The minimum Gasteiger partial charge on any atom is -0.454 e. The predicted molar refractivity (Wildman–Crippen MR) is 118 cm³/mol. The van der Waals surface area contributed by atoms with Crippen LogP contribution < -0.4 is 0 Å². The molecule has 11 nitrogen and oxygen atoms in total. The maximum Gasteiger partial charge on any atom is 0.340 e. The zero-order chi connectivity index (χ0) is 26.8. The monoisotopic (exact) mass is 516 g/mol. The van der Waals surface area contributed by atoms with Gasteiger partial charge in [0.05, 0.1) is 11.0 Å². The molecule has 2 saturated carbocycles. The molecule has 0 aromatic heterocycles. The summed E-state index contributed by atoms with van der Waals surface area (Å²) >= 11 is 0. The van der Waals surface area contributed by atoms with Crippen molar-refractivity contribution in [3.05, 3.63) is 23.8 Å². The van der Waals surface area contributed by atoms with Gasteiger partial charge in [-0.15, -0.1) is 0 Å². The van der Waals surface area contributed by atoms with Gasteiger partial charge in [0.25, 0.3) is 0 Å². The number of esters is 3. The van der Waals surface area contributed by atoms with E-state index in [0.29, 0.717) is 12.8 Å². The fourth-order valence-electron chi connectivity index (χ4n) is 9.44. The lowest BCUT2D eigenvalue weighted by Crippen LogP contribution is -2.81. The van der Waals surface area contributed by atoms with Gasteiger partial charge in [-0.05, 0) is 38.7 Å². The molecule has 2 aliphatic carbocycles. The molecule has 0 unspecified atom stereocenters. The number of aliphatic hydroxyl groups is 2. The first-order valence-corrected chi connectivity index (χ1v) is 12.5. The Kier molecular flexibility index (Phi) is 3.82. The van der Waals surface area contributed by atoms with E-state index in [4.69, 9.17) is 23.7 Å². The first-order valence-electron chi connectivity index (χ1n) is 12.5. The predicted octanol–water partition coefficient (Wildman–Crippen LogP) is 0.212. The molecule has 5 fully saturated rings. The van der Waals surface area contributed by atoms with Crippen LogP contribution in [0.25, 0.3) is 0 Å². The van der Waals surface area contributed by atoms with Crippen LogP contribution in [0.15, 0.2) is 23.8 Å². The summed E-state index contributed by atoms with van der Waals surface area (Å²) in [5.74, 6) is -6.12. The molecular formula is C26H28O11. The van der Waals surface area contributed by atoms with Crippen molar-refractivity contribution in [3.8, 4) is 0 Å². The number of ketones is 1. The molecule has 5 heterocycles. The molecule has 0 aromatic rings. The molecule has 2 spiro atoms. The van der Waals surface area contributed by atoms with Gasteiger partial charge in [-0.2, -0.15) is 0 Å². The first kappa shape index (κ1) is 23.5. The van der Waals surface area contributed by atoms with Crippen LogP contribution in [0.4, 0.5) is 0 Å². The molecule has 2 N–H and O–H groups in total. The van der Waals surface area contributed by atoms with E-state index in [1.54, 1.807) is 33.8 Å². The van der Waals surface area contributed by atoms with E-state index < -0.39 is 86.9 Å². The molecule has 3 saturated heterocycles. The van der Waals surface area contributed by atoms with Gasteiger partial charge in [-0.1, -0.05) is 26.8 Å². The van der Waals surface area contributed by atoms with Crippen LogP contribution >= 0.6 is 0 Å². The maximum absolute atomic E-state index is 14.4. The minimum atomic E-state index is -2.49. The van der Waals surface area contributed by atoms with E-state index in [-0.39, 0.29) is 5.57 Å². The second kappa shape index (κ2) is 6.01. The Morgan fingerprint density at radius 2 is 1.70 bits per heavy atom. The summed E-state index contributed by atoms with van der Waals surface area (Å²) in [6.45, 7) is 8.50. The molecule has 0 aromatic carbocycles. The molecule has 0 radical (unpaired) electrons. The molecule has 10 atom stereocenters. The first-order chi connectivity index (χ1) is 17.1. The lowest BCUT2D eigenvalue weighted by molar-refractivity contribution is -0.315. The highest BCUT2D eigenvalue weighted by Crippen LogP contribution is 2.82. The highest BCUT2D eigenvalue weighted by atomic mass is 16.7. The van der Waals surface area contributed by atoms with Crippen molar-refractivity contribution >= 4 is 23.7 Å². The summed E-state index contributed by atoms with van der Waals surface area (Å²) in [6.07, 6.45) is 1.13. The lowest BCUT2D eigenvalue weighted by atomic mass is 9.36. The fourth-order valence-corrected chi connectivity index (χ4v) is 9.44. The van der Waals surface area contributed by atoms with Gasteiger partial charge in [-0.3, -0.25) is 4.79 Å². The third kappa shape index (κ3) is 2.00. The third-order valence-corrected chi connectivity index (χ3v) is 10.9.